The molecule has 0 N–H and O–H groups in total. The smallest absolute Gasteiger partial charge is 0.289 e. The Hall–Kier alpha value is -3.20. The number of hydrogen-bond acceptors (Lipinski definition) is 6. The van der Waals surface area contributed by atoms with E-state index < -0.39 is 5.82 Å². The molecule has 2 aliphatic heterocycles. The minimum absolute atomic E-state index is 0.0449. The third kappa shape index (κ3) is 5.24. The summed E-state index contributed by atoms with van der Waals surface area (Å²) < 4.78 is 19.9. The summed E-state index contributed by atoms with van der Waals surface area (Å²) in [6.07, 6.45) is 0. The number of anilines is 1. The molecule has 0 bridgehead atoms. The van der Waals surface area contributed by atoms with Crippen LogP contribution in [0.2, 0.25) is 0 Å². The van der Waals surface area contributed by atoms with Crippen LogP contribution in [0, 0.1) is 12.7 Å². The molecule has 0 saturated carbocycles. The number of aryl methyl sites for hydroxylation is 1. The van der Waals surface area contributed by atoms with Gasteiger partial charge in [0.25, 0.3) is 5.91 Å². The zero-order valence-electron chi connectivity index (χ0n) is 19.1. The Morgan fingerprint density at radius 2 is 1.58 bits per heavy atom. The molecule has 2 fully saturated rings. The first-order chi connectivity index (χ1) is 15.8. The van der Waals surface area contributed by atoms with E-state index in [0.29, 0.717) is 81.7 Å². The van der Waals surface area contributed by atoms with Crippen molar-refractivity contribution in [1.29, 1.82) is 0 Å². The third-order valence-electron chi connectivity index (χ3n) is 6.30. The number of amides is 2. The number of hydrogen-bond donors (Lipinski definition) is 0. The van der Waals surface area contributed by atoms with Crippen molar-refractivity contribution in [1.82, 2.24) is 14.7 Å². The van der Waals surface area contributed by atoms with E-state index in [0.717, 1.165) is 0 Å². The number of rotatable bonds is 5. The van der Waals surface area contributed by atoms with Gasteiger partial charge in [-0.15, -0.1) is 0 Å². The molecule has 176 valence electrons. The van der Waals surface area contributed by atoms with E-state index in [4.69, 9.17) is 4.42 Å². The molecule has 0 spiro atoms. The largest absolute Gasteiger partial charge is 0.456 e. The van der Waals surface area contributed by atoms with Crippen molar-refractivity contribution < 1.29 is 23.2 Å². The summed E-state index contributed by atoms with van der Waals surface area (Å²) in [5.74, 6) is 0.398. The second-order valence-corrected chi connectivity index (χ2v) is 8.57. The van der Waals surface area contributed by atoms with Gasteiger partial charge in [0.2, 0.25) is 5.91 Å². The molecule has 2 amide bonds. The second kappa shape index (κ2) is 9.74. The van der Waals surface area contributed by atoms with Crippen LogP contribution in [-0.4, -0.2) is 91.2 Å². The van der Waals surface area contributed by atoms with Gasteiger partial charge in [-0.25, -0.2) is 4.39 Å². The molecular weight excluding hydrogens is 427 g/mol. The lowest BCUT2D eigenvalue weighted by molar-refractivity contribution is -0.133. The predicted molar refractivity (Wildman–Crippen MR) is 121 cm³/mol. The monoisotopic (exact) mass is 456 g/mol. The van der Waals surface area contributed by atoms with E-state index in [1.807, 2.05) is 9.80 Å². The molecule has 9 heteroatoms. The van der Waals surface area contributed by atoms with Crippen molar-refractivity contribution in [2.75, 3.05) is 63.8 Å². The standard InChI is InChI=1S/C24H29FN4O4/c1-17-3-6-22(33-17)24(32)29-9-7-26(8-10-29)16-23(31)28-13-11-27(12-14-28)21-5-4-19(18(2)30)15-20(21)25/h3-6,15H,7-14,16H2,1-2H3. The van der Waals surface area contributed by atoms with Gasteiger partial charge in [-0.3, -0.25) is 19.3 Å². The number of furan rings is 1. The lowest BCUT2D eigenvalue weighted by atomic mass is 10.1. The molecule has 33 heavy (non-hydrogen) atoms. The molecule has 2 aromatic rings. The van der Waals surface area contributed by atoms with Crippen molar-refractivity contribution in [3.63, 3.8) is 0 Å². The van der Waals surface area contributed by atoms with E-state index in [-0.39, 0.29) is 17.6 Å². The highest BCUT2D eigenvalue weighted by Crippen LogP contribution is 2.22. The quantitative estimate of drug-likeness (QED) is 0.641. The fourth-order valence-electron chi connectivity index (χ4n) is 4.28. The fourth-order valence-corrected chi connectivity index (χ4v) is 4.28. The number of nitrogens with zero attached hydrogens (tertiary/aromatic N) is 4. The van der Waals surface area contributed by atoms with Crippen molar-refractivity contribution in [2.45, 2.75) is 13.8 Å². The molecule has 0 atom stereocenters. The Balaban J connectivity index is 1.24. The fraction of sp³-hybridized carbons (Fsp3) is 0.458. The number of halogens is 1. The van der Waals surface area contributed by atoms with Crippen LogP contribution < -0.4 is 4.90 Å². The number of carbonyl (C=O) groups is 3. The van der Waals surface area contributed by atoms with Crippen LogP contribution in [0.5, 0.6) is 0 Å². The summed E-state index contributed by atoms with van der Waals surface area (Å²) in [6.45, 7) is 7.99. The average molecular weight is 457 g/mol. The van der Waals surface area contributed by atoms with Gasteiger partial charge in [0, 0.05) is 57.9 Å². The number of Topliss-reactive ketones (excluding diaryl/α,β-unsaturated/α-hetero) is 1. The van der Waals surface area contributed by atoms with Gasteiger partial charge >= 0.3 is 0 Å². The van der Waals surface area contributed by atoms with Gasteiger partial charge in [-0.1, -0.05) is 0 Å². The van der Waals surface area contributed by atoms with Gasteiger partial charge in [0.15, 0.2) is 11.5 Å². The highest BCUT2D eigenvalue weighted by molar-refractivity contribution is 5.94. The number of benzene rings is 1. The first kappa shape index (κ1) is 23.0. The molecule has 2 saturated heterocycles. The number of carbonyl (C=O) groups excluding carboxylic acids is 3. The van der Waals surface area contributed by atoms with E-state index in [1.54, 1.807) is 36.1 Å². The Bertz CT molecular complexity index is 1040. The van der Waals surface area contributed by atoms with Crippen molar-refractivity contribution in [3.8, 4) is 0 Å². The second-order valence-electron chi connectivity index (χ2n) is 8.57. The molecule has 0 unspecified atom stereocenters. The van der Waals surface area contributed by atoms with Crippen LogP contribution in [0.4, 0.5) is 10.1 Å². The summed E-state index contributed by atoms with van der Waals surface area (Å²) >= 11 is 0. The van der Waals surface area contributed by atoms with Crippen molar-refractivity contribution in [3.05, 3.63) is 53.2 Å². The first-order valence-electron chi connectivity index (χ1n) is 11.2. The van der Waals surface area contributed by atoms with Crippen LogP contribution in [0.15, 0.2) is 34.7 Å². The Labute approximate surface area is 192 Å². The Morgan fingerprint density at radius 1 is 0.909 bits per heavy atom. The van der Waals surface area contributed by atoms with Crippen molar-refractivity contribution in [2.24, 2.45) is 0 Å². The maximum atomic E-state index is 14.4. The van der Waals surface area contributed by atoms with Crippen molar-refractivity contribution >= 4 is 23.3 Å². The molecule has 0 radical (unpaired) electrons. The zero-order valence-corrected chi connectivity index (χ0v) is 19.1. The van der Waals surface area contributed by atoms with Crippen LogP contribution >= 0.6 is 0 Å². The number of ketones is 1. The minimum Gasteiger partial charge on any atom is -0.456 e. The van der Waals surface area contributed by atoms with Crippen LogP contribution in [0.1, 0.15) is 33.6 Å². The Kier molecular flexibility index (Phi) is 6.78. The number of piperazine rings is 2. The van der Waals surface area contributed by atoms with Gasteiger partial charge in [0.1, 0.15) is 11.6 Å². The topological polar surface area (TPSA) is 77.3 Å². The first-order valence-corrected chi connectivity index (χ1v) is 11.2. The minimum atomic E-state index is -0.417. The maximum Gasteiger partial charge on any atom is 0.289 e. The van der Waals surface area contributed by atoms with Crippen LogP contribution in [-0.2, 0) is 4.79 Å². The predicted octanol–water partition coefficient (Wildman–Crippen LogP) is 2.04. The van der Waals surface area contributed by atoms with E-state index in [2.05, 4.69) is 4.90 Å². The normalized spacial score (nSPS) is 17.4. The summed E-state index contributed by atoms with van der Waals surface area (Å²) in [4.78, 5) is 44.3. The van der Waals surface area contributed by atoms with E-state index in [1.165, 1.54) is 13.0 Å². The van der Waals surface area contributed by atoms with Gasteiger partial charge in [0.05, 0.1) is 12.2 Å². The molecule has 1 aromatic carbocycles. The zero-order chi connectivity index (χ0) is 23.5. The lowest BCUT2D eigenvalue weighted by Crippen LogP contribution is -2.54. The molecule has 0 aliphatic carbocycles. The van der Waals surface area contributed by atoms with Gasteiger partial charge in [-0.2, -0.15) is 0 Å². The highest BCUT2D eigenvalue weighted by Gasteiger charge is 2.28. The molecule has 1 aromatic heterocycles. The maximum absolute atomic E-state index is 14.4. The summed E-state index contributed by atoms with van der Waals surface area (Å²) in [5, 5.41) is 0. The summed E-state index contributed by atoms with van der Waals surface area (Å²) in [5.41, 5.74) is 0.811. The lowest BCUT2D eigenvalue weighted by Gasteiger charge is -2.38. The third-order valence-corrected chi connectivity index (χ3v) is 6.30. The average Bonchev–Trinajstić information content (AvgIpc) is 3.25. The summed E-state index contributed by atoms with van der Waals surface area (Å²) in [7, 11) is 0. The van der Waals surface area contributed by atoms with Crippen LogP contribution in [0.25, 0.3) is 0 Å². The summed E-state index contributed by atoms with van der Waals surface area (Å²) in [6, 6.07) is 8.00. The van der Waals surface area contributed by atoms with Gasteiger partial charge in [-0.05, 0) is 44.2 Å². The molecule has 4 rings (SSSR count). The SMILES string of the molecule is CC(=O)c1ccc(N2CCN(C(=O)CN3CCN(C(=O)c4ccc(C)o4)CC3)CC2)c(F)c1. The van der Waals surface area contributed by atoms with Crippen LogP contribution in [0.3, 0.4) is 0 Å². The Morgan fingerprint density at radius 3 is 2.15 bits per heavy atom. The van der Waals surface area contributed by atoms with E-state index >= 15 is 0 Å². The molecule has 2 aliphatic rings. The molecular formula is C24H29FN4O4. The molecule has 8 nitrogen and oxygen atoms in total. The van der Waals surface area contributed by atoms with Gasteiger partial charge < -0.3 is 19.1 Å². The highest BCUT2D eigenvalue weighted by atomic mass is 19.1. The molecule has 3 heterocycles. The van der Waals surface area contributed by atoms with E-state index in [9.17, 15) is 18.8 Å².